The molecule has 1 N–H and O–H groups in total. The molecule has 0 bridgehead atoms. The summed E-state index contributed by atoms with van der Waals surface area (Å²) in [6.07, 6.45) is 3.87. The van der Waals surface area contributed by atoms with Crippen LogP contribution in [0.2, 0.25) is 0 Å². The van der Waals surface area contributed by atoms with Crippen molar-refractivity contribution in [2.24, 2.45) is 0 Å². The van der Waals surface area contributed by atoms with Crippen molar-refractivity contribution in [2.75, 3.05) is 38.5 Å². The summed E-state index contributed by atoms with van der Waals surface area (Å²) in [7, 11) is 0. The minimum absolute atomic E-state index is 0.495. The van der Waals surface area contributed by atoms with Crippen LogP contribution in [0.4, 0.5) is 0 Å². The Morgan fingerprint density at radius 2 is 2.06 bits per heavy atom. The first kappa shape index (κ1) is 14.3. The van der Waals surface area contributed by atoms with Gasteiger partial charge in [-0.25, -0.2) is 0 Å². The molecule has 0 aromatic rings. The summed E-state index contributed by atoms with van der Waals surface area (Å²) in [5.74, 6) is 1.30. The van der Waals surface area contributed by atoms with Gasteiger partial charge in [0.25, 0.3) is 0 Å². The van der Waals surface area contributed by atoms with Gasteiger partial charge >= 0.3 is 0 Å². The SMILES string of the molecule is CCCNCCCN1CCSC(C)(C)CC1. The smallest absolute Gasteiger partial charge is 0.0116 e. The van der Waals surface area contributed by atoms with Crippen LogP contribution in [0.25, 0.3) is 0 Å². The third-order valence-electron chi connectivity index (χ3n) is 3.19. The van der Waals surface area contributed by atoms with Gasteiger partial charge in [0.15, 0.2) is 0 Å². The maximum Gasteiger partial charge on any atom is 0.0116 e. The van der Waals surface area contributed by atoms with Gasteiger partial charge in [0, 0.05) is 17.0 Å². The summed E-state index contributed by atoms with van der Waals surface area (Å²) < 4.78 is 0.495. The second-order valence-electron chi connectivity index (χ2n) is 5.30. The molecule has 3 heteroatoms. The van der Waals surface area contributed by atoms with Crippen LogP contribution in [0.1, 0.15) is 40.0 Å². The third-order valence-corrected chi connectivity index (χ3v) is 4.56. The van der Waals surface area contributed by atoms with E-state index in [-0.39, 0.29) is 0 Å². The van der Waals surface area contributed by atoms with Gasteiger partial charge in [0.2, 0.25) is 0 Å². The lowest BCUT2D eigenvalue weighted by Gasteiger charge is -2.22. The summed E-state index contributed by atoms with van der Waals surface area (Å²) in [4.78, 5) is 2.63. The fourth-order valence-electron chi connectivity index (χ4n) is 2.02. The van der Waals surface area contributed by atoms with Gasteiger partial charge < -0.3 is 10.2 Å². The molecule has 0 radical (unpaired) electrons. The second-order valence-corrected chi connectivity index (χ2v) is 7.11. The zero-order chi connectivity index (χ0) is 11.9. The molecule has 0 saturated carbocycles. The normalized spacial score (nSPS) is 21.9. The predicted octanol–water partition coefficient (Wildman–Crippen LogP) is 2.59. The third kappa shape index (κ3) is 6.12. The highest BCUT2D eigenvalue weighted by Crippen LogP contribution is 2.30. The Balaban J connectivity index is 2.08. The fraction of sp³-hybridized carbons (Fsp3) is 1.00. The van der Waals surface area contributed by atoms with E-state index in [1.807, 2.05) is 0 Å². The first-order valence-corrected chi connectivity index (χ1v) is 7.69. The van der Waals surface area contributed by atoms with Crippen LogP contribution >= 0.6 is 11.8 Å². The van der Waals surface area contributed by atoms with Crippen LogP contribution in [0.5, 0.6) is 0 Å². The molecule has 0 atom stereocenters. The van der Waals surface area contributed by atoms with Gasteiger partial charge in [-0.3, -0.25) is 0 Å². The average molecular weight is 244 g/mol. The van der Waals surface area contributed by atoms with Crippen molar-refractivity contribution < 1.29 is 0 Å². The Bertz CT molecular complexity index is 183. The van der Waals surface area contributed by atoms with E-state index in [0.717, 1.165) is 0 Å². The van der Waals surface area contributed by atoms with Crippen LogP contribution in [-0.4, -0.2) is 48.1 Å². The topological polar surface area (TPSA) is 15.3 Å². The van der Waals surface area contributed by atoms with E-state index < -0.39 is 0 Å². The lowest BCUT2D eigenvalue weighted by molar-refractivity contribution is 0.279. The van der Waals surface area contributed by atoms with E-state index in [0.29, 0.717) is 4.75 Å². The lowest BCUT2D eigenvalue weighted by Crippen LogP contribution is -2.30. The molecule has 1 heterocycles. The van der Waals surface area contributed by atoms with Crippen molar-refractivity contribution in [2.45, 2.75) is 44.8 Å². The number of rotatable bonds is 6. The van der Waals surface area contributed by atoms with Crippen molar-refractivity contribution in [3.05, 3.63) is 0 Å². The maximum atomic E-state index is 3.47. The molecule has 2 nitrogen and oxygen atoms in total. The highest BCUT2D eigenvalue weighted by Gasteiger charge is 2.23. The zero-order valence-electron chi connectivity index (χ0n) is 11.2. The first-order valence-electron chi connectivity index (χ1n) is 6.71. The largest absolute Gasteiger partial charge is 0.317 e. The van der Waals surface area contributed by atoms with Gasteiger partial charge in [-0.15, -0.1) is 0 Å². The average Bonchev–Trinajstić information content (AvgIpc) is 2.40. The molecule has 1 aliphatic heterocycles. The standard InChI is InChI=1S/C13H28N2S/c1-4-7-14-8-5-9-15-10-6-13(2,3)16-12-11-15/h14H,4-12H2,1-3H3. The molecule has 0 unspecified atom stereocenters. The molecule has 0 aromatic heterocycles. The number of hydrogen-bond acceptors (Lipinski definition) is 3. The van der Waals surface area contributed by atoms with Crippen LogP contribution in [0, 0.1) is 0 Å². The van der Waals surface area contributed by atoms with Crippen molar-refractivity contribution in [1.82, 2.24) is 10.2 Å². The number of thioether (sulfide) groups is 1. The van der Waals surface area contributed by atoms with E-state index >= 15 is 0 Å². The van der Waals surface area contributed by atoms with Crippen LogP contribution in [-0.2, 0) is 0 Å². The molecule has 1 fully saturated rings. The van der Waals surface area contributed by atoms with Gasteiger partial charge in [-0.2, -0.15) is 11.8 Å². The van der Waals surface area contributed by atoms with Crippen molar-refractivity contribution in [1.29, 1.82) is 0 Å². The monoisotopic (exact) mass is 244 g/mol. The first-order chi connectivity index (χ1) is 7.64. The van der Waals surface area contributed by atoms with Crippen molar-refractivity contribution in [3.63, 3.8) is 0 Å². The van der Waals surface area contributed by atoms with E-state index in [2.05, 4.69) is 42.7 Å². The van der Waals surface area contributed by atoms with Gasteiger partial charge in [-0.05, 0) is 45.4 Å². The minimum atomic E-state index is 0.495. The Morgan fingerprint density at radius 1 is 1.25 bits per heavy atom. The fourth-order valence-corrected chi connectivity index (χ4v) is 3.15. The number of nitrogens with zero attached hydrogens (tertiary/aromatic N) is 1. The molecule has 0 aliphatic carbocycles. The molecule has 16 heavy (non-hydrogen) atoms. The predicted molar refractivity (Wildman–Crippen MR) is 75.4 cm³/mol. The van der Waals surface area contributed by atoms with Crippen LogP contribution < -0.4 is 5.32 Å². The highest BCUT2D eigenvalue weighted by atomic mass is 32.2. The summed E-state index contributed by atoms with van der Waals surface area (Å²) in [6, 6.07) is 0. The summed E-state index contributed by atoms with van der Waals surface area (Å²) in [6.45, 7) is 13.2. The molecule has 96 valence electrons. The Hall–Kier alpha value is 0.270. The summed E-state index contributed by atoms with van der Waals surface area (Å²) in [5, 5.41) is 3.47. The highest BCUT2D eigenvalue weighted by molar-refractivity contribution is 8.00. The van der Waals surface area contributed by atoms with E-state index in [1.165, 1.54) is 57.7 Å². The number of hydrogen-bond donors (Lipinski definition) is 1. The van der Waals surface area contributed by atoms with Crippen LogP contribution in [0.3, 0.4) is 0 Å². The molecular weight excluding hydrogens is 216 g/mol. The molecular formula is C13H28N2S. The van der Waals surface area contributed by atoms with Crippen molar-refractivity contribution in [3.8, 4) is 0 Å². The molecule has 1 aliphatic rings. The van der Waals surface area contributed by atoms with E-state index in [4.69, 9.17) is 0 Å². The Labute approximate surface area is 106 Å². The van der Waals surface area contributed by atoms with Crippen molar-refractivity contribution >= 4 is 11.8 Å². The Kier molecular flexibility index (Phi) is 6.78. The summed E-state index contributed by atoms with van der Waals surface area (Å²) >= 11 is 2.14. The zero-order valence-corrected chi connectivity index (χ0v) is 12.0. The van der Waals surface area contributed by atoms with Crippen LogP contribution in [0.15, 0.2) is 0 Å². The number of nitrogens with one attached hydrogen (secondary N) is 1. The van der Waals surface area contributed by atoms with Gasteiger partial charge in [0.05, 0.1) is 0 Å². The van der Waals surface area contributed by atoms with Gasteiger partial charge in [-0.1, -0.05) is 20.8 Å². The molecule has 0 amide bonds. The minimum Gasteiger partial charge on any atom is -0.317 e. The van der Waals surface area contributed by atoms with E-state index in [1.54, 1.807) is 0 Å². The second kappa shape index (κ2) is 7.57. The lowest BCUT2D eigenvalue weighted by atomic mass is 10.1. The Morgan fingerprint density at radius 3 is 2.81 bits per heavy atom. The molecule has 0 spiro atoms. The molecule has 1 rings (SSSR count). The van der Waals surface area contributed by atoms with E-state index in [9.17, 15) is 0 Å². The summed E-state index contributed by atoms with van der Waals surface area (Å²) in [5.41, 5.74) is 0. The van der Waals surface area contributed by atoms with Gasteiger partial charge in [0.1, 0.15) is 0 Å². The molecule has 0 aromatic carbocycles. The maximum absolute atomic E-state index is 3.47. The molecule has 1 saturated heterocycles. The quantitative estimate of drug-likeness (QED) is 0.723.